The first-order valence-corrected chi connectivity index (χ1v) is 5.80. The van der Waals surface area contributed by atoms with Crippen molar-refractivity contribution in [3.63, 3.8) is 0 Å². The quantitative estimate of drug-likeness (QED) is 0.807. The standard InChI is InChI=1S/C12H14F3N3/c1-2-7-16-8-9-3-5-10(6-4-9)11(17-18-11)12(13,14)15/h3-6,16H,2,7-8H2,1H3. The van der Waals surface area contributed by atoms with Gasteiger partial charge in [-0.2, -0.15) is 13.2 Å². The van der Waals surface area contributed by atoms with Crippen LogP contribution in [0.15, 0.2) is 34.5 Å². The minimum Gasteiger partial charge on any atom is -0.313 e. The van der Waals surface area contributed by atoms with Gasteiger partial charge in [-0.15, -0.1) is 10.2 Å². The van der Waals surface area contributed by atoms with E-state index in [9.17, 15) is 13.2 Å². The first-order valence-electron chi connectivity index (χ1n) is 5.80. The smallest absolute Gasteiger partial charge is 0.313 e. The number of alkyl halides is 3. The summed E-state index contributed by atoms with van der Waals surface area (Å²) in [6, 6.07) is 6.23. The molecule has 0 aliphatic carbocycles. The summed E-state index contributed by atoms with van der Waals surface area (Å²) in [7, 11) is 0. The van der Waals surface area contributed by atoms with E-state index >= 15 is 0 Å². The van der Waals surface area contributed by atoms with E-state index in [0.717, 1.165) is 18.5 Å². The van der Waals surface area contributed by atoms with Gasteiger partial charge >= 0.3 is 11.8 Å². The summed E-state index contributed by atoms with van der Waals surface area (Å²) < 4.78 is 38.2. The van der Waals surface area contributed by atoms with Crippen molar-refractivity contribution >= 4 is 0 Å². The molecule has 0 radical (unpaired) electrons. The Labute approximate surface area is 103 Å². The van der Waals surface area contributed by atoms with E-state index in [1.54, 1.807) is 12.1 Å². The Kier molecular flexibility index (Phi) is 3.38. The van der Waals surface area contributed by atoms with Crippen LogP contribution in [-0.4, -0.2) is 12.7 Å². The highest BCUT2D eigenvalue weighted by Gasteiger charge is 2.65. The third-order valence-corrected chi connectivity index (χ3v) is 2.81. The fourth-order valence-corrected chi connectivity index (χ4v) is 1.71. The number of nitrogens with zero attached hydrogens (tertiary/aromatic N) is 2. The van der Waals surface area contributed by atoms with Crippen LogP contribution < -0.4 is 5.32 Å². The molecule has 0 unspecified atom stereocenters. The number of hydrogen-bond donors (Lipinski definition) is 1. The molecule has 18 heavy (non-hydrogen) atoms. The predicted molar refractivity (Wildman–Crippen MR) is 61.0 cm³/mol. The van der Waals surface area contributed by atoms with Gasteiger partial charge in [0.15, 0.2) is 0 Å². The van der Waals surface area contributed by atoms with Gasteiger partial charge in [-0.25, -0.2) is 0 Å². The molecule has 0 amide bonds. The van der Waals surface area contributed by atoms with Gasteiger partial charge in [-0.3, -0.25) is 0 Å². The summed E-state index contributed by atoms with van der Waals surface area (Å²) in [5.74, 6) is 0. The average Bonchev–Trinajstić information content (AvgIpc) is 3.11. The Balaban J connectivity index is 2.05. The van der Waals surface area contributed by atoms with Crippen LogP contribution in [0.2, 0.25) is 0 Å². The molecule has 0 aromatic heterocycles. The highest BCUT2D eigenvalue weighted by molar-refractivity contribution is 5.32. The highest BCUT2D eigenvalue weighted by atomic mass is 19.4. The molecule has 0 saturated carbocycles. The maximum absolute atomic E-state index is 12.7. The summed E-state index contributed by atoms with van der Waals surface area (Å²) in [6.07, 6.45) is -3.43. The zero-order valence-electron chi connectivity index (χ0n) is 9.96. The van der Waals surface area contributed by atoms with Gasteiger partial charge in [0, 0.05) is 12.1 Å². The summed E-state index contributed by atoms with van der Waals surface area (Å²) in [4.78, 5) is 0. The van der Waals surface area contributed by atoms with Crippen LogP contribution in [-0.2, 0) is 12.2 Å². The van der Waals surface area contributed by atoms with Crippen molar-refractivity contribution in [3.8, 4) is 0 Å². The van der Waals surface area contributed by atoms with Crippen LogP contribution in [0.4, 0.5) is 13.2 Å². The molecule has 1 aromatic rings. The number of benzene rings is 1. The highest BCUT2D eigenvalue weighted by Crippen LogP contribution is 2.52. The fourth-order valence-electron chi connectivity index (χ4n) is 1.71. The molecule has 1 aliphatic heterocycles. The van der Waals surface area contributed by atoms with Gasteiger partial charge in [0.05, 0.1) is 0 Å². The lowest BCUT2D eigenvalue weighted by atomic mass is 10.0. The average molecular weight is 257 g/mol. The first kappa shape index (κ1) is 13.0. The maximum atomic E-state index is 12.7. The van der Waals surface area contributed by atoms with E-state index in [1.807, 2.05) is 0 Å². The molecule has 1 heterocycles. The van der Waals surface area contributed by atoms with Crippen molar-refractivity contribution in [2.75, 3.05) is 6.54 Å². The van der Waals surface area contributed by atoms with Crippen LogP contribution >= 0.6 is 0 Å². The maximum Gasteiger partial charge on any atom is 0.442 e. The number of hydrogen-bond acceptors (Lipinski definition) is 3. The van der Waals surface area contributed by atoms with Gasteiger partial charge < -0.3 is 5.32 Å². The topological polar surface area (TPSA) is 36.8 Å². The van der Waals surface area contributed by atoms with Gasteiger partial charge in [-0.05, 0) is 18.5 Å². The molecule has 0 bridgehead atoms. The lowest BCUT2D eigenvalue weighted by molar-refractivity contribution is -0.166. The van der Waals surface area contributed by atoms with E-state index < -0.39 is 11.8 Å². The molecule has 2 rings (SSSR count). The van der Waals surface area contributed by atoms with Crippen molar-refractivity contribution in [2.24, 2.45) is 10.2 Å². The number of nitrogens with one attached hydrogen (secondary N) is 1. The molecule has 98 valence electrons. The van der Waals surface area contributed by atoms with Gasteiger partial charge in [0.2, 0.25) is 0 Å². The van der Waals surface area contributed by atoms with E-state index in [4.69, 9.17) is 0 Å². The van der Waals surface area contributed by atoms with Crippen molar-refractivity contribution in [1.29, 1.82) is 0 Å². The molecule has 0 fully saturated rings. The SMILES string of the molecule is CCCNCc1ccc(C2(C(F)(F)F)N=N2)cc1. The summed E-state index contributed by atoms with van der Waals surface area (Å²) in [5, 5.41) is 9.52. The first-order chi connectivity index (χ1) is 8.49. The van der Waals surface area contributed by atoms with Crippen LogP contribution in [0, 0.1) is 0 Å². The van der Waals surface area contributed by atoms with Gasteiger partial charge in [0.1, 0.15) is 0 Å². The zero-order chi connectivity index (χ0) is 13.2. The van der Waals surface area contributed by atoms with Crippen molar-refractivity contribution in [1.82, 2.24) is 5.32 Å². The fraction of sp³-hybridized carbons (Fsp3) is 0.500. The summed E-state index contributed by atoms with van der Waals surface area (Å²) in [6.45, 7) is 3.60. The molecule has 0 spiro atoms. The summed E-state index contributed by atoms with van der Waals surface area (Å²) >= 11 is 0. The molecule has 1 aliphatic rings. The van der Waals surface area contributed by atoms with E-state index in [2.05, 4.69) is 22.5 Å². The lowest BCUT2D eigenvalue weighted by Gasteiger charge is -2.15. The molecule has 1 N–H and O–H groups in total. The Bertz CT molecular complexity index is 431. The number of rotatable bonds is 5. The molecule has 0 saturated heterocycles. The van der Waals surface area contributed by atoms with Crippen molar-refractivity contribution in [3.05, 3.63) is 35.4 Å². The third-order valence-electron chi connectivity index (χ3n) is 2.81. The van der Waals surface area contributed by atoms with Gasteiger partial charge in [-0.1, -0.05) is 31.2 Å². The molecule has 0 atom stereocenters. The molecule has 3 nitrogen and oxygen atoms in total. The van der Waals surface area contributed by atoms with Crippen molar-refractivity contribution < 1.29 is 13.2 Å². The van der Waals surface area contributed by atoms with E-state index in [0.29, 0.717) is 6.54 Å². The van der Waals surface area contributed by atoms with Crippen LogP contribution in [0.5, 0.6) is 0 Å². The Morgan fingerprint density at radius 3 is 2.22 bits per heavy atom. The molecular weight excluding hydrogens is 243 g/mol. The monoisotopic (exact) mass is 257 g/mol. The zero-order valence-corrected chi connectivity index (χ0v) is 9.96. The third kappa shape index (κ3) is 2.38. The van der Waals surface area contributed by atoms with Crippen molar-refractivity contribution in [2.45, 2.75) is 31.7 Å². The van der Waals surface area contributed by atoms with E-state index in [1.165, 1.54) is 12.1 Å². The predicted octanol–water partition coefficient (Wildman–Crippen LogP) is 3.37. The summed E-state index contributed by atoms with van der Waals surface area (Å²) in [5.41, 5.74) is -1.28. The molecular formula is C12H14F3N3. The van der Waals surface area contributed by atoms with E-state index in [-0.39, 0.29) is 5.56 Å². The number of halogens is 3. The second-order valence-corrected chi connectivity index (χ2v) is 4.24. The normalized spacial score (nSPS) is 16.9. The molecule has 1 aromatic carbocycles. The lowest BCUT2D eigenvalue weighted by Crippen LogP contribution is -2.30. The minimum atomic E-state index is -4.45. The molecule has 6 heteroatoms. The Morgan fingerprint density at radius 1 is 1.17 bits per heavy atom. The minimum absolute atomic E-state index is 0.0780. The largest absolute Gasteiger partial charge is 0.442 e. The van der Waals surface area contributed by atoms with Crippen LogP contribution in [0.1, 0.15) is 24.5 Å². The Morgan fingerprint density at radius 2 is 1.78 bits per heavy atom. The van der Waals surface area contributed by atoms with Crippen LogP contribution in [0.25, 0.3) is 0 Å². The van der Waals surface area contributed by atoms with Gasteiger partial charge in [0.25, 0.3) is 0 Å². The second kappa shape index (κ2) is 4.68. The Hall–Kier alpha value is -1.43. The van der Waals surface area contributed by atoms with Crippen LogP contribution in [0.3, 0.4) is 0 Å². The second-order valence-electron chi connectivity index (χ2n) is 4.24.